The minimum absolute atomic E-state index is 0.156. The number of rotatable bonds is 4. The molecule has 1 aromatic heterocycles. The molecule has 1 fully saturated rings. The van der Waals surface area contributed by atoms with Gasteiger partial charge in [0.05, 0.1) is 13.2 Å². The van der Waals surface area contributed by atoms with Crippen LogP contribution in [0.4, 0.5) is 11.8 Å². The molecule has 0 spiro atoms. The van der Waals surface area contributed by atoms with E-state index in [1.54, 1.807) is 0 Å². The van der Waals surface area contributed by atoms with Crippen LogP contribution in [0, 0.1) is 0 Å². The molecular weight excluding hydrogens is 316 g/mol. The number of morpholine rings is 1. The maximum atomic E-state index is 12.0. The van der Waals surface area contributed by atoms with Crippen LogP contribution >= 0.6 is 0 Å². The minimum atomic E-state index is -0.156. The second kappa shape index (κ2) is 6.94. The molecule has 1 saturated heterocycles. The van der Waals surface area contributed by atoms with Crippen molar-refractivity contribution in [2.75, 3.05) is 36.5 Å². The zero-order valence-corrected chi connectivity index (χ0v) is 13.9. The third-order valence-corrected chi connectivity index (χ3v) is 4.39. The van der Waals surface area contributed by atoms with Gasteiger partial charge in [0.1, 0.15) is 5.82 Å². The van der Waals surface area contributed by atoms with Crippen LogP contribution in [-0.2, 0) is 11.3 Å². The number of hydrogen-bond acceptors (Lipinski definition) is 5. The summed E-state index contributed by atoms with van der Waals surface area (Å²) in [5.74, 6) is 1.18. The van der Waals surface area contributed by atoms with Gasteiger partial charge in [-0.15, -0.1) is 0 Å². The second-order valence-corrected chi connectivity index (χ2v) is 6.04. The quantitative estimate of drug-likeness (QED) is 0.765. The number of anilines is 2. The van der Waals surface area contributed by atoms with Crippen LogP contribution in [0.2, 0.25) is 0 Å². The van der Waals surface area contributed by atoms with E-state index in [2.05, 4.69) is 44.5 Å². The average molecular weight is 336 g/mol. The van der Waals surface area contributed by atoms with E-state index < -0.39 is 0 Å². The first-order valence-electron chi connectivity index (χ1n) is 8.44. The van der Waals surface area contributed by atoms with Crippen LogP contribution in [-0.4, -0.2) is 36.3 Å². The van der Waals surface area contributed by atoms with E-state index in [9.17, 15) is 4.79 Å². The van der Waals surface area contributed by atoms with Crippen LogP contribution in [0.25, 0.3) is 10.8 Å². The monoisotopic (exact) mass is 336 g/mol. The van der Waals surface area contributed by atoms with Gasteiger partial charge in [0.2, 0.25) is 5.95 Å². The molecule has 0 saturated carbocycles. The molecule has 6 heteroatoms. The Morgan fingerprint density at radius 2 is 1.92 bits per heavy atom. The Morgan fingerprint density at radius 1 is 1.12 bits per heavy atom. The molecule has 2 aromatic carbocycles. The molecule has 1 aliphatic rings. The van der Waals surface area contributed by atoms with E-state index in [4.69, 9.17) is 4.74 Å². The molecule has 2 heterocycles. The van der Waals surface area contributed by atoms with Crippen molar-refractivity contribution < 1.29 is 4.74 Å². The lowest BCUT2D eigenvalue weighted by atomic mass is 10.0. The molecule has 0 unspecified atom stereocenters. The Labute approximate surface area is 145 Å². The van der Waals surface area contributed by atoms with Crippen molar-refractivity contribution in [3.05, 3.63) is 64.4 Å². The number of ether oxygens (including phenoxy) is 1. The number of aromatic nitrogens is 2. The van der Waals surface area contributed by atoms with Gasteiger partial charge in [-0.1, -0.05) is 42.5 Å². The summed E-state index contributed by atoms with van der Waals surface area (Å²) >= 11 is 0. The number of fused-ring (bicyclic) bond motifs is 1. The van der Waals surface area contributed by atoms with Crippen molar-refractivity contribution in [3.8, 4) is 0 Å². The molecule has 2 N–H and O–H groups in total. The van der Waals surface area contributed by atoms with Gasteiger partial charge in [0.25, 0.3) is 5.56 Å². The van der Waals surface area contributed by atoms with Gasteiger partial charge in [0, 0.05) is 25.7 Å². The first kappa shape index (κ1) is 15.7. The maximum Gasteiger partial charge on any atom is 0.254 e. The lowest BCUT2D eigenvalue weighted by molar-refractivity contribution is 0.122. The van der Waals surface area contributed by atoms with Crippen molar-refractivity contribution in [1.29, 1.82) is 0 Å². The predicted octanol–water partition coefficient (Wildman–Crippen LogP) is 2.37. The summed E-state index contributed by atoms with van der Waals surface area (Å²) < 4.78 is 5.36. The van der Waals surface area contributed by atoms with E-state index in [-0.39, 0.29) is 5.56 Å². The highest BCUT2D eigenvalue weighted by molar-refractivity contribution is 5.85. The molecule has 25 heavy (non-hydrogen) atoms. The van der Waals surface area contributed by atoms with E-state index in [0.717, 1.165) is 18.7 Å². The van der Waals surface area contributed by atoms with Crippen LogP contribution < -0.4 is 15.8 Å². The third-order valence-electron chi connectivity index (χ3n) is 4.39. The molecule has 0 radical (unpaired) electrons. The zero-order chi connectivity index (χ0) is 17.1. The number of nitrogens with zero attached hydrogens (tertiary/aromatic N) is 2. The largest absolute Gasteiger partial charge is 0.378 e. The van der Waals surface area contributed by atoms with Crippen molar-refractivity contribution in [1.82, 2.24) is 9.97 Å². The summed E-state index contributed by atoms with van der Waals surface area (Å²) in [5.41, 5.74) is 1.01. The van der Waals surface area contributed by atoms with Crippen LogP contribution in [0.3, 0.4) is 0 Å². The third kappa shape index (κ3) is 3.49. The highest BCUT2D eigenvalue weighted by atomic mass is 16.5. The van der Waals surface area contributed by atoms with Gasteiger partial charge in [-0.3, -0.25) is 9.78 Å². The fourth-order valence-corrected chi connectivity index (χ4v) is 3.11. The molecule has 6 nitrogen and oxygen atoms in total. The average Bonchev–Trinajstić information content (AvgIpc) is 2.66. The van der Waals surface area contributed by atoms with Crippen molar-refractivity contribution in [2.45, 2.75) is 6.54 Å². The van der Waals surface area contributed by atoms with Gasteiger partial charge in [-0.2, -0.15) is 4.98 Å². The predicted molar refractivity (Wildman–Crippen MR) is 99.2 cm³/mol. The number of hydrogen-bond donors (Lipinski definition) is 2. The normalized spacial score (nSPS) is 14.6. The fraction of sp³-hybridized carbons (Fsp3) is 0.263. The van der Waals surface area contributed by atoms with Crippen LogP contribution in [0.5, 0.6) is 0 Å². The molecule has 0 aliphatic carbocycles. The standard InChI is InChI=1S/C19H20N4O2/c24-18-12-17(23-8-10-25-11-9-23)21-19(22-18)20-13-15-6-3-5-14-4-1-2-7-16(14)15/h1-7,12H,8-11,13H2,(H2,20,21,22,24). The van der Waals surface area contributed by atoms with E-state index >= 15 is 0 Å². The molecule has 1 aliphatic heterocycles. The van der Waals surface area contributed by atoms with E-state index in [0.29, 0.717) is 31.5 Å². The molecule has 0 atom stereocenters. The Balaban J connectivity index is 1.56. The Kier molecular flexibility index (Phi) is 4.35. The number of benzene rings is 2. The lowest BCUT2D eigenvalue weighted by Crippen LogP contribution is -2.37. The molecule has 128 valence electrons. The SMILES string of the molecule is O=c1cc(N2CCOCC2)nc(NCc2cccc3ccccc23)[nH]1. The first-order valence-corrected chi connectivity index (χ1v) is 8.44. The number of H-pyrrole nitrogens is 1. The van der Waals surface area contributed by atoms with E-state index in [1.165, 1.54) is 16.8 Å². The summed E-state index contributed by atoms with van der Waals surface area (Å²) in [6.45, 7) is 3.41. The lowest BCUT2D eigenvalue weighted by Gasteiger charge is -2.27. The highest BCUT2D eigenvalue weighted by Crippen LogP contribution is 2.19. The topological polar surface area (TPSA) is 70.2 Å². The summed E-state index contributed by atoms with van der Waals surface area (Å²) in [6, 6.07) is 16.0. The zero-order valence-electron chi connectivity index (χ0n) is 13.9. The van der Waals surface area contributed by atoms with Gasteiger partial charge in [-0.05, 0) is 16.3 Å². The highest BCUT2D eigenvalue weighted by Gasteiger charge is 2.14. The maximum absolute atomic E-state index is 12.0. The summed E-state index contributed by atoms with van der Waals surface area (Å²) in [6.07, 6.45) is 0. The first-order chi connectivity index (χ1) is 12.3. The minimum Gasteiger partial charge on any atom is -0.378 e. The smallest absolute Gasteiger partial charge is 0.254 e. The Hall–Kier alpha value is -2.86. The van der Waals surface area contributed by atoms with Crippen molar-refractivity contribution >= 4 is 22.5 Å². The van der Waals surface area contributed by atoms with Crippen molar-refractivity contribution in [2.24, 2.45) is 0 Å². The molecule has 4 rings (SSSR count). The fourth-order valence-electron chi connectivity index (χ4n) is 3.11. The summed E-state index contributed by atoms with van der Waals surface area (Å²) in [5, 5.41) is 5.65. The second-order valence-electron chi connectivity index (χ2n) is 6.04. The Bertz CT molecular complexity index is 927. The molecule has 3 aromatic rings. The van der Waals surface area contributed by atoms with Gasteiger partial charge >= 0.3 is 0 Å². The summed E-state index contributed by atoms with van der Waals surface area (Å²) in [4.78, 5) is 21.4. The molecule has 0 bridgehead atoms. The van der Waals surface area contributed by atoms with Crippen molar-refractivity contribution in [3.63, 3.8) is 0 Å². The molecule has 0 amide bonds. The van der Waals surface area contributed by atoms with Gasteiger partial charge in [0.15, 0.2) is 0 Å². The Morgan fingerprint density at radius 3 is 2.80 bits per heavy atom. The van der Waals surface area contributed by atoms with E-state index in [1.807, 2.05) is 18.2 Å². The van der Waals surface area contributed by atoms with Crippen LogP contribution in [0.1, 0.15) is 5.56 Å². The number of nitrogens with one attached hydrogen (secondary N) is 2. The summed E-state index contributed by atoms with van der Waals surface area (Å²) in [7, 11) is 0. The van der Waals surface area contributed by atoms with Gasteiger partial charge in [-0.25, -0.2) is 0 Å². The van der Waals surface area contributed by atoms with Gasteiger partial charge < -0.3 is 15.0 Å². The van der Waals surface area contributed by atoms with Crippen LogP contribution in [0.15, 0.2) is 53.3 Å². The number of aromatic amines is 1. The molecular formula is C19H20N4O2.